The Bertz CT molecular complexity index is 471. The van der Waals surface area contributed by atoms with Crippen molar-refractivity contribution in [3.05, 3.63) is 47.0 Å². The second-order valence-corrected chi connectivity index (χ2v) is 4.63. The van der Waals surface area contributed by atoms with E-state index in [0.717, 1.165) is 17.1 Å². The number of nitrogens with one attached hydrogen (secondary N) is 2. The lowest BCUT2D eigenvalue weighted by Crippen LogP contribution is -1.99. The lowest BCUT2D eigenvalue weighted by molar-refractivity contribution is 1.37. The van der Waals surface area contributed by atoms with Crippen LogP contribution in [0, 0.1) is 0 Å². The summed E-state index contributed by atoms with van der Waals surface area (Å²) >= 11 is 7.47. The number of aliphatic imine (C=N–C) groups is 1. The van der Waals surface area contributed by atoms with E-state index in [1.54, 1.807) is 18.7 Å². The normalized spacial score (nSPS) is 10.5. The molecule has 0 atom stereocenters. The van der Waals surface area contributed by atoms with Gasteiger partial charge in [0.2, 0.25) is 0 Å². The molecule has 0 aliphatic carbocycles. The van der Waals surface area contributed by atoms with Crippen LogP contribution in [0.2, 0.25) is 0 Å². The van der Waals surface area contributed by atoms with Crippen LogP contribution in [0.4, 0.5) is 11.4 Å². The van der Waals surface area contributed by atoms with Gasteiger partial charge in [-0.25, -0.2) is 0 Å². The van der Waals surface area contributed by atoms with Crippen LogP contribution >= 0.6 is 23.5 Å². The molecular weight excluding hydrogens is 314 g/mol. The summed E-state index contributed by atoms with van der Waals surface area (Å²) in [7, 11) is 1.69. The Morgan fingerprint density at radius 2 is 1.82 bits per heavy atom. The molecule has 0 saturated carbocycles. The molecule has 0 amide bonds. The number of nitrogens with zero attached hydrogens (tertiary/aromatic N) is 1. The summed E-state index contributed by atoms with van der Waals surface area (Å²) in [5, 5.41) is 5.55. The van der Waals surface area contributed by atoms with Crippen molar-refractivity contribution in [3.8, 4) is 0 Å². The fourth-order valence-electron chi connectivity index (χ4n) is 1.26. The van der Waals surface area contributed by atoms with Gasteiger partial charge in [0.1, 0.15) is 0 Å². The number of allylic oxidation sites excluding steroid dienone is 2. The quantitative estimate of drug-likeness (QED) is 0.456. The summed E-state index contributed by atoms with van der Waals surface area (Å²) in [6.45, 7) is 13.5. The second kappa shape index (κ2) is 16.0. The van der Waals surface area contributed by atoms with Crippen LogP contribution in [0.1, 0.15) is 34.6 Å². The molecule has 0 bridgehead atoms. The van der Waals surface area contributed by atoms with E-state index in [1.165, 1.54) is 11.9 Å². The van der Waals surface area contributed by atoms with Gasteiger partial charge in [-0.1, -0.05) is 51.9 Å². The third kappa shape index (κ3) is 10.4. The third-order valence-corrected chi connectivity index (χ3v) is 2.96. The zero-order valence-corrected chi connectivity index (χ0v) is 16.0. The van der Waals surface area contributed by atoms with Crippen LogP contribution in [0.5, 0.6) is 0 Å². The Morgan fingerprint density at radius 3 is 2.36 bits per heavy atom. The standard InChI is InChI=1S/C13H16ClN3S.2C2H6/c1-4-18-17-12-7-5-6-11(8-12)16-10(2)13(14)9-15-3;2*1-2/h4-9,16-17H,1H2,2-3H3;2*1-2H3/b13-10-,15-9?;;. The molecule has 0 heterocycles. The number of rotatable bonds is 6. The SMILES string of the molecule is C=CSNc1cccc(N/C(C)=C(\Cl)C=NC)c1.CC.CC. The Balaban J connectivity index is 0. The first-order valence-electron chi connectivity index (χ1n) is 7.35. The zero-order valence-electron chi connectivity index (χ0n) is 14.4. The first kappa shape index (κ1) is 22.9. The molecule has 0 aliphatic rings. The Kier molecular flexibility index (Phi) is 16.6. The molecule has 0 unspecified atom stereocenters. The molecule has 1 aromatic carbocycles. The van der Waals surface area contributed by atoms with Gasteiger partial charge in [-0.05, 0) is 42.5 Å². The molecule has 0 spiro atoms. The minimum Gasteiger partial charge on any atom is -0.358 e. The summed E-state index contributed by atoms with van der Waals surface area (Å²) in [4.78, 5) is 3.87. The fourth-order valence-corrected chi connectivity index (χ4v) is 1.75. The van der Waals surface area contributed by atoms with E-state index in [0.29, 0.717) is 5.03 Å². The number of benzene rings is 1. The van der Waals surface area contributed by atoms with Gasteiger partial charge in [0.25, 0.3) is 0 Å². The zero-order chi connectivity index (χ0) is 17.4. The highest BCUT2D eigenvalue weighted by Crippen LogP contribution is 2.20. The van der Waals surface area contributed by atoms with Crippen molar-refractivity contribution in [2.75, 3.05) is 17.1 Å². The molecule has 0 fully saturated rings. The highest BCUT2D eigenvalue weighted by Gasteiger charge is 1.99. The monoisotopic (exact) mass is 341 g/mol. The molecule has 0 saturated heterocycles. The largest absolute Gasteiger partial charge is 0.358 e. The minimum absolute atomic E-state index is 0.594. The number of hydrogen-bond acceptors (Lipinski definition) is 4. The van der Waals surface area contributed by atoms with Gasteiger partial charge in [-0.2, -0.15) is 0 Å². The van der Waals surface area contributed by atoms with Gasteiger partial charge in [-0.15, -0.1) is 0 Å². The molecule has 0 radical (unpaired) electrons. The molecular formula is C17H28ClN3S. The predicted octanol–water partition coefficient (Wildman–Crippen LogP) is 6.53. The van der Waals surface area contributed by atoms with Crippen molar-refractivity contribution in [2.24, 2.45) is 4.99 Å². The molecule has 3 nitrogen and oxygen atoms in total. The van der Waals surface area contributed by atoms with Crippen LogP contribution in [-0.4, -0.2) is 13.3 Å². The van der Waals surface area contributed by atoms with Crippen LogP contribution in [0.3, 0.4) is 0 Å². The van der Waals surface area contributed by atoms with E-state index in [-0.39, 0.29) is 0 Å². The van der Waals surface area contributed by atoms with Gasteiger partial charge in [0.05, 0.1) is 5.03 Å². The van der Waals surface area contributed by atoms with Crippen molar-refractivity contribution < 1.29 is 0 Å². The summed E-state index contributed by atoms with van der Waals surface area (Å²) in [6, 6.07) is 7.91. The Morgan fingerprint density at radius 1 is 1.23 bits per heavy atom. The van der Waals surface area contributed by atoms with E-state index in [9.17, 15) is 0 Å². The highest BCUT2D eigenvalue weighted by molar-refractivity contribution is 8.03. The average molecular weight is 342 g/mol. The molecule has 0 aromatic heterocycles. The summed E-state index contributed by atoms with van der Waals surface area (Å²) in [5.74, 6) is 0. The molecule has 5 heteroatoms. The molecule has 1 aromatic rings. The van der Waals surface area contributed by atoms with Crippen LogP contribution in [0.25, 0.3) is 0 Å². The number of anilines is 2. The van der Waals surface area contributed by atoms with Crippen molar-refractivity contribution in [1.82, 2.24) is 0 Å². The second-order valence-electron chi connectivity index (χ2n) is 3.45. The fraction of sp³-hybridized carbons (Fsp3) is 0.353. The van der Waals surface area contributed by atoms with Crippen molar-refractivity contribution >= 4 is 41.1 Å². The first-order valence-corrected chi connectivity index (χ1v) is 8.61. The lowest BCUT2D eigenvalue weighted by atomic mass is 10.2. The topological polar surface area (TPSA) is 36.4 Å². The van der Waals surface area contributed by atoms with Gasteiger partial charge in [0.15, 0.2) is 0 Å². The maximum atomic E-state index is 6.04. The van der Waals surface area contributed by atoms with Gasteiger partial charge >= 0.3 is 0 Å². The smallest absolute Gasteiger partial charge is 0.0773 e. The lowest BCUT2D eigenvalue weighted by Gasteiger charge is -2.09. The Hall–Kier alpha value is -1.39. The number of hydrogen-bond donors (Lipinski definition) is 2. The van der Waals surface area contributed by atoms with Crippen molar-refractivity contribution in [1.29, 1.82) is 0 Å². The average Bonchev–Trinajstić information content (AvgIpc) is 2.57. The van der Waals surface area contributed by atoms with E-state index in [1.807, 2.05) is 58.9 Å². The highest BCUT2D eigenvalue weighted by atomic mass is 35.5. The minimum atomic E-state index is 0.594. The van der Waals surface area contributed by atoms with Gasteiger partial charge < -0.3 is 10.0 Å². The summed E-state index contributed by atoms with van der Waals surface area (Å²) in [5.41, 5.74) is 2.82. The predicted molar refractivity (Wildman–Crippen MR) is 107 cm³/mol. The maximum absolute atomic E-state index is 6.04. The molecule has 1 rings (SSSR count). The first-order chi connectivity index (χ1) is 10.7. The Labute approximate surface area is 145 Å². The molecule has 0 aliphatic heterocycles. The molecule has 124 valence electrons. The van der Waals surface area contributed by atoms with E-state index in [2.05, 4.69) is 21.6 Å². The third-order valence-electron chi connectivity index (χ3n) is 2.06. The van der Waals surface area contributed by atoms with Crippen LogP contribution < -0.4 is 10.0 Å². The number of halogens is 1. The summed E-state index contributed by atoms with van der Waals surface area (Å²) in [6.07, 6.45) is 1.61. The summed E-state index contributed by atoms with van der Waals surface area (Å²) < 4.78 is 3.15. The van der Waals surface area contributed by atoms with E-state index < -0.39 is 0 Å². The molecule has 22 heavy (non-hydrogen) atoms. The van der Waals surface area contributed by atoms with Crippen LogP contribution in [0.15, 0.2) is 52.0 Å². The van der Waals surface area contributed by atoms with Gasteiger partial charge in [0, 0.05) is 30.3 Å². The van der Waals surface area contributed by atoms with Gasteiger partial charge in [-0.3, -0.25) is 4.99 Å². The molecule has 2 N–H and O–H groups in total. The van der Waals surface area contributed by atoms with Crippen molar-refractivity contribution in [2.45, 2.75) is 34.6 Å². The van der Waals surface area contributed by atoms with E-state index >= 15 is 0 Å². The van der Waals surface area contributed by atoms with Crippen LogP contribution in [-0.2, 0) is 0 Å². The van der Waals surface area contributed by atoms with E-state index in [4.69, 9.17) is 11.6 Å². The maximum Gasteiger partial charge on any atom is 0.0773 e. The van der Waals surface area contributed by atoms with Crippen molar-refractivity contribution in [3.63, 3.8) is 0 Å².